The Morgan fingerprint density at radius 3 is 1.97 bits per heavy atom. The normalized spacial score (nSPS) is 13.8. The molecule has 0 spiro atoms. The third kappa shape index (κ3) is 2.63. The van der Waals surface area contributed by atoms with Crippen molar-refractivity contribution in [2.75, 3.05) is 0 Å². The van der Waals surface area contributed by atoms with Crippen molar-refractivity contribution in [3.8, 4) is 28.3 Å². The Kier molecular flexibility index (Phi) is 4.00. The molecule has 0 unspecified atom stereocenters. The van der Waals surface area contributed by atoms with Crippen LogP contribution in [0.3, 0.4) is 0 Å². The van der Waals surface area contributed by atoms with Gasteiger partial charge >= 0.3 is 0 Å². The van der Waals surface area contributed by atoms with Crippen molar-refractivity contribution in [2.45, 2.75) is 13.1 Å². The standard InChI is InChI=1S/C30H23N3Si/c1-34(2)27-14-8-5-11-24(27)29-28(34)19-31-30(32-29)20-15-17-21(18-16-20)33-25-12-6-3-9-22(25)23-10-4-7-13-26(23)33/h3-19H,1-2H3. The van der Waals surface area contributed by atoms with Gasteiger partial charge in [0.2, 0.25) is 0 Å². The van der Waals surface area contributed by atoms with Crippen molar-refractivity contribution in [3.05, 3.63) is 103 Å². The lowest BCUT2D eigenvalue weighted by molar-refractivity contribution is 1.17. The highest BCUT2D eigenvalue weighted by molar-refractivity contribution is 7.03. The molecule has 2 aromatic heterocycles. The first kappa shape index (κ1) is 19.4. The van der Waals surface area contributed by atoms with Gasteiger partial charge in [-0.2, -0.15) is 0 Å². The van der Waals surface area contributed by atoms with Crippen LogP contribution in [0.15, 0.2) is 103 Å². The summed E-state index contributed by atoms with van der Waals surface area (Å²) < 4.78 is 2.34. The summed E-state index contributed by atoms with van der Waals surface area (Å²) in [4.78, 5) is 9.88. The Balaban J connectivity index is 1.35. The number of benzene rings is 4. The monoisotopic (exact) mass is 453 g/mol. The topological polar surface area (TPSA) is 30.7 Å². The van der Waals surface area contributed by atoms with E-state index in [1.54, 1.807) is 0 Å². The largest absolute Gasteiger partial charge is 0.309 e. The molecule has 0 radical (unpaired) electrons. The van der Waals surface area contributed by atoms with Crippen LogP contribution >= 0.6 is 0 Å². The predicted octanol–water partition coefficient (Wildman–Crippen LogP) is 6.04. The van der Waals surface area contributed by atoms with E-state index in [1.807, 2.05) is 0 Å². The number of nitrogens with zero attached hydrogens (tertiary/aromatic N) is 3. The average Bonchev–Trinajstić information content (AvgIpc) is 3.34. The van der Waals surface area contributed by atoms with Crippen LogP contribution in [0.25, 0.3) is 50.1 Å². The minimum atomic E-state index is -1.73. The van der Waals surface area contributed by atoms with Gasteiger partial charge in [0.25, 0.3) is 0 Å². The van der Waals surface area contributed by atoms with E-state index in [-0.39, 0.29) is 0 Å². The SMILES string of the molecule is C[Si]1(C)c2ccccc2-c2nc(-c3ccc(-n4c5ccccc5c5ccccc54)cc3)ncc21. The summed E-state index contributed by atoms with van der Waals surface area (Å²) in [6, 6.07) is 34.6. The molecule has 7 rings (SSSR count). The summed E-state index contributed by atoms with van der Waals surface area (Å²) in [7, 11) is -1.73. The van der Waals surface area contributed by atoms with Gasteiger partial charge in [0, 0.05) is 28.2 Å². The first-order valence-corrected chi connectivity index (χ1v) is 14.7. The Morgan fingerprint density at radius 2 is 1.26 bits per heavy atom. The van der Waals surface area contributed by atoms with Crippen molar-refractivity contribution >= 4 is 40.3 Å². The highest BCUT2D eigenvalue weighted by Gasteiger charge is 2.38. The maximum Gasteiger partial charge on any atom is 0.159 e. The van der Waals surface area contributed by atoms with Crippen LogP contribution in [0.1, 0.15) is 0 Å². The molecule has 0 aliphatic carbocycles. The number of aromatic nitrogens is 3. The highest BCUT2D eigenvalue weighted by Crippen LogP contribution is 2.33. The molecule has 6 aromatic rings. The maximum absolute atomic E-state index is 5.07. The van der Waals surface area contributed by atoms with E-state index in [0.29, 0.717) is 0 Å². The third-order valence-electron chi connectivity index (χ3n) is 7.28. The fraction of sp³-hybridized carbons (Fsp3) is 0.0667. The van der Waals surface area contributed by atoms with Gasteiger partial charge in [-0.1, -0.05) is 73.8 Å². The fourth-order valence-electron chi connectivity index (χ4n) is 5.52. The summed E-state index contributed by atoms with van der Waals surface area (Å²) in [5, 5.41) is 5.33. The van der Waals surface area contributed by atoms with E-state index in [1.165, 1.54) is 37.7 Å². The first-order chi connectivity index (χ1) is 16.6. The zero-order valence-electron chi connectivity index (χ0n) is 19.2. The van der Waals surface area contributed by atoms with E-state index in [4.69, 9.17) is 9.97 Å². The lowest BCUT2D eigenvalue weighted by atomic mass is 10.1. The molecule has 0 saturated carbocycles. The second-order valence-electron chi connectivity index (χ2n) is 9.54. The van der Waals surface area contributed by atoms with Gasteiger partial charge in [0.1, 0.15) is 8.07 Å². The quantitative estimate of drug-likeness (QED) is 0.299. The lowest BCUT2D eigenvalue weighted by Crippen LogP contribution is -2.49. The molecule has 34 heavy (non-hydrogen) atoms. The summed E-state index contributed by atoms with van der Waals surface area (Å²) in [6.07, 6.45) is 2.07. The van der Waals surface area contributed by atoms with Crippen LogP contribution in [-0.4, -0.2) is 22.6 Å². The molecule has 0 amide bonds. The molecular formula is C30H23N3Si. The van der Waals surface area contributed by atoms with Crippen LogP contribution in [0.4, 0.5) is 0 Å². The van der Waals surface area contributed by atoms with Gasteiger partial charge in [-0.25, -0.2) is 9.97 Å². The van der Waals surface area contributed by atoms with Crippen LogP contribution in [0.5, 0.6) is 0 Å². The molecule has 4 aromatic carbocycles. The molecule has 0 atom stereocenters. The van der Waals surface area contributed by atoms with Crippen molar-refractivity contribution in [2.24, 2.45) is 0 Å². The van der Waals surface area contributed by atoms with Gasteiger partial charge < -0.3 is 4.57 Å². The van der Waals surface area contributed by atoms with Crippen LogP contribution in [0, 0.1) is 0 Å². The molecular weight excluding hydrogens is 430 g/mol. The Hall–Kier alpha value is -4.02. The zero-order chi connectivity index (χ0) is 22.9. The van der Waals surface area contributed by atoms with E-state index in [9.17, 15) is 0 Å². The van der Waals surface area contributed by atoms with E-state index in [0.717, 1.165) is 22.8 Å². The molecule has 0 bridgehead atoms. The molecule has 1 aliphatic heterocycles. The van der Waals surface area contributed by atoms with Crippen molar-refractivity contribution in [1.82, 2.24) is 14.5 Å². The molecule has 4 heteroatoms. The Bertz CT molecular complexity index is 1680. The third-order valence-corrected chi connectivity index (χ3v) is 10.8. The van der Waals surface area contributed by atoms with E-state index >= 15 is 0 Å². The maximum atomic E-state index is 5.07. The van der Waals surface area contributed by atoms with E-state index < -0.39 is 8.07 Å². The minimum Gasteiger partial charge on any atom is -0.309 e. The summed E-state index contributed by atoms with van der Waals surface area (Å²) in [5.41, 5.74) is 7.00. The van der Waals surface area contributed by atoms with Crippen LogP contribution < -0.4 is 10.4 Å². The number of hydrogen-bond donors (Lipinski definition) is 0. The van der Waals surface area contributed by atoms with Crippen LogP contribution in [-0.2, 0) is 0 Å². The minimum absolute atomic E-state index is 0.786. The second kappa shape index (κ2) is 6.99. The van der Waals surface area contributed by atoms with Crippen molar-refractivity contribution in [3.63, 3.8) is 0 Å². The molecule has 3 nitrogen and oxygen atoms in total. The van der Waals surface area contributed by atoms with Gasteiger partial charge in [-0.3, -0.25) is 0 Å². The number of para-hydroxylation sites is 2. The fourth-order valence-corrected chi connectivity index (χ4v) is 8.37. The van der Waals surface area contributed by atoms with E-state index in [2.05, 4.69) is 121 Å². The highest BCUT2D eigenvalue weighted by atomic mass is 28.3. The molecule has 0 saturated heterocycles. The first-order valence-electron chi connectivity index (χ1n) is 11.7. The Morgan fingerprint density at radius 1 is 0.647 bits per heavy atom. The van der Waals surface area contributed by atoms with Gasteiger partial charge in [-0.15, -0.1) is 0 Å². The van der Waals surface area contributed by atoms with Crippen LogP contribution in [0.2, 0.25) is 13.1 Å². The summed E-state index contributed by atoms with van der Waals surface area (Å²) >= 11 is 0. The molecule has 0 fully saturated rings. The molecule has 0 N–H and O–H groups in total. The molecule has 162 valence electrons. The molecule has 3 heterocycles. The number of fused-ring (bicyclic) bond motifs is 6. The van der Waals surface area contributed by atoms with Gasteiger partial charge in [-0.05, 0) is 52.3 Å². The smallest absolute Gasteiger partial charge is 0.159 e. The van der Waals surface area contributed by atoms with Crippen molar-refractivity contribution in [1.29, 1.82) is 0 Å². The lowest BCUT2D eigenvalue weighted by Gasteiger charge is -2.17. The summed E-state index contributed by atoms with van der Waals surface area (Å²) in [6.45, 7) is 4.78. The number of rotatable bonds is 2. The average molecular weight is 454 g/mol. The zero-order valence-corrected chi connectivity index (χ0v) is 20.2. The summed E-state index contributed by atoms with van der Waals surface area (Å²) in [5.74, 6) is 0.786. The van der Waals surface area contributed by atoms with Gasteiger partial charge in [0.15, 0.2) is 5.82 Å². The Labute approximate surface area is 199 Å². The van der Waals surface area contributed by atoms with Gasteiger partial charge in [0.05, 0.1) is 16.7 Å². The van der Waals surface area contributed by atoms with Crippen molar-refractivity contribution < 1.29 is 0 Å². The number of hydrogen-bond acceptors (Lipinski definition) is 2. The molecule has 1 aliphatic rings. The predicted molar refractivity (Wildman–Crippen MR) is 144 cm³/mol. The second-order valence-corrected chi connectivity index (χ2v) is 13.9.